The van der Waals surface area contributed by atoms with E-state index >= 15 is 0 Å². The molecular weight excluding hydrogens is 202 g/mol. The van der Waals surface area contributed by atoms with Gasteiger partial charge >= 0.3 is 0 Å². The van der Waals surface area contributed by atoms with Gasteiger partial charge < -0.3 is 16.3 Å². The van der Waals surface area contributed by atoms with Crippen molar-refractivity contribution in [2.24, 2.45) is 16.8 Å². The number of amides is 1. The molecular formula is C8H17N3O2S. The fraction of sp³-hybridized carbons (Fsp3) is 0.750. The van der Waals surface area contributed by atoms with E-state index in [0.717, 1.165) is 5.75 Å². The number of amidine groups is 1. The number of hydrogen-bond acceptors (Lipinski definition) is 4. The van der Waals surface area contributed by atoms with Crippen LogP contribution in [0.15, 0.2) is 5.16 Å². The van der Waals surface area contributed by atoms with E-state index in [1.807, 2.05) is 6.26 Å². The summed E-state index contributed by atoms with van der Waals surface area (Å²) in [7, 11) is 0. The Hall–Kier alpha value is -0.910. The maximum absolute atomic E-state index is 11.1. The summed E-state index contributed by atoms with van der Waals surface area (Å²) in [4.78, 5) is 11.1. The molecule has 0 fully saturated rings. The Bertz CT molecular complexity index is 209. The molecule has 0 saturated carbocycles. The lowest BCUT2D eigenvalue weighted by atomic mass is 10.2. The van der Waals surface area contributed by atoms with Gasteiger partial charge in [0.1, 0.15) is 5.84 Å². The van der Waals surface area contributed by atoms with Crippen molar-refractivity contribution in [3.63, 3.8) is 0 Å². The predicted molar refractivity (Wildman–Crippen MR) is 58.6 cm³/mol. The van der Waals surface area contributed by atoms with E-state index < -0.39 is 0 Å². The maximum Gasteiger partial charge on any atom is 0.227 e. The average Bonchev–Trinajstić information content (AvgIpc) is 2.15. The average molecular weight is 219 g/mol. The molecule has 0 aromatic carbocycles. The molecule has 82 valence electrons. The summed E-state index contributed by atoms with van der Waals surface area (Å²) in [6, 6.07) is 0. The molecule has 0 radical (unpaired) electrons. The molecule has 1 unspecified atom stereocenters. The molecule has 1 amide bonds. The lowest BCUT2D eigenvalue weighted by Crippen LogP contribution is -2.32. The second-order valence-electron chi connectivity index (χ2n) is 3.13. The van der Waals surface area contributed by atoms with E-state index in [0.29, 0.717) is 12.5 Å². The van der Waals surface area contributed by atoms with Crippen molar-refractivity contribution in [2.75, 3.05) is 18.6 Å². The van der Waals surface area contributed by atoms with Crippen molar-refractivity contribution < 1.29 is 10.0 Å². The van der Waals surface area contributed by atoms with Gasteiger partial charge in [-0.1, -0.05) is 12.1 Å². The number of nitrogens with one attached hydrogen (secondary N) is 1. The highest BCUT2D eigenvalue weighted by atomic mass is 32.2. The number of hydrogen-bond donors (Lipinski definition) is 3. The number of carbonyl (C=O) groups excluding carboxylic acids is 1. The number of thioether (sulfide) groups is 1. The van der Waals surface area contributed by atoms with Crippen LogP contribution in [0.3, 0.4) is 0 Å². The molecule has 0 aliphatic carbocycles. The second-order valence-corrected chi connectivity index (χ2v) is 4.04. The first-order valence-corrected chi connectivity index (χ1v) is 5.71. The summed E-state index contributed by atoms with van der Waals surface area (Å²) in [6.07, 6.45) is 1.97. The van der Waals surface area contributed by atoms with Crippen LogP contribution in [-0.2, 0) is 4.79 Å². The van der Waals surface area contributed by atoms with Gasteiger partial charge in [-0.25, -0.2) is 0 Å². The molecule has 0 heterocycles. The van der Waals surface area contributed by atoms with E-state index in [9.17, 15) is 4.79 Å². The summed E-state index contributed by atoms with van der Waals surface area (Å²) in [5.41, 5.74) is 5.17. The molecule has 0 spiro atoms. The molecule has 0 saturated heterocycles. The topological polar surface area (TPSA) is 87.7 Å². The van der Waals surface area contributed by atoms with Crippen molar-refractivity contribution in [3.8, 4) is 0 Å². The molecule has 0 aromatic heterocycles. The zero-order chi connectivity index (χ0) is 11.0. The third kappa shape index (κ3) is 6.59. The van der Waals surface area contributed by atoms with Crippen LogP contribution < -0.4 is 11.1 Å². The summed E-state index contributed by atoms with van der Waals surface area (Å²) >= 11 is 1.74. The predicted octanol–water partition coefficient (Wildman–Crippen LogP) is 0.238. The fourth-order valence-electron chi connectivity index (χ4n) is 0.894. The van der Waals surface area contributed by atoms with Gasteiger partial charge in [-0.15, -0.1) is 0 Å². The number of rotatable bonds is 6. The lowest BCUT2D eigenvalue weighted by Gasteiger charge is -2.10. The van der Waals surface area contributed by atoms with Crippen LogP contribution >= 0.6 is 11.8 Å². The number of nitrogens with two attached hydrogens (primary N) is 1. The van der Waals surface area contributed by atoms with Crippen LogP contribution in [0.2, 0.25) is 0 Å². The normalized spacial score (nSPS) is 13.7. The van der Waals surface area contributed by atoms with Gasteiger partial charge in [0.2, 0.25) is 5.91 Å². The SMILES string of the molecule is CSCC(C)CNC(=O)CC(N)=NO. The largest absolute Gasteiger partial charge is 0.409 e. The molecule has 0 aromatic rings. The molecule has 14 heavy (non-hydrogen) atoms. The smallest absolute Gasteiger partial charge is 0.227 e. The molecule has 0 aliphatic rings. The molecule has 6 heteroatoms. The first kappa shape index (κ1) is 13.1. The Morgan fingerprint density at radius 1 is 1.71 bits per heavy atom. The van der Waals surface area contributed by atoms with E-state index in [-0.39, 0.29) is 18.2 Å². The molecule has 0 aliphatic heterocycles. The molecule has 5 nitrogen and oxygen atoms in total. The van der Waals surface area contributed by atoms with Crippen LogP contribution in [0, 0.1) is 5.92 Å². The van der Waals surface area contributed by atoms with Crippen molar-refractivity contribution in [3.05, 3.63) is 0 Å². The summed E-state index contributed by atoms with van der Waals surface area (Å²) < 4.78 is 0. The van der Waals surface area contributed by atoms with Gasteiger partial charge in [0.25, 0.3) is 0 Å². The second kappa shape index (κ2) is 7.49. The van der Waals surface area contributed by atoms with E-state index in [4.69, 9.17) is 10.9 Å². The quantitative estimate of drug-likeness (QED) is 0.258. The first-order valence-electron chi connectivity index (χ1n) is 4.32. The van der Waals surface area contributed by atoms with Crippen LogP contribution in [0.4, 0.5) is 0 Å². The van der Waals surface area contributed by atoms with Crippen LogP contribution in [0.1, 0.15) is 13.3 Å². The van der Waals surface area contributed by atoms with Gasteiger partial charge in [0.05, 0.1) is 6.42 Å². The lowest BCUT2D eigenvalue weighted by molar-refractivity contribution is -0.120. The number of oxime groups is 1. The third-order valence-electron chi connectivity index (χ3n) is 1.57. The standard InChI is InChI=1S/C8H17N3O2S/c1-6(5-14-2)4-10-8(12)3-7(9)11-13/h6,13H,3-5H2,1-2H3,(H2,9,11)(H,10,12). The highest BCUT2D eigenvalue weighted by Crippen LogP contribution is 2.02. The third-order valence-corrected chi connectivity index (χ3v) is 2.47. The van der Waals surface area contributed by atoms with Crippen molar-refractivity contribution in [2.45, 2.75) is 13.3 Å². The first-order chi connectivity index (χ1) is 6.60. The Morgan fingerprint density at radius 3 is 2.86 bits per heavy atom. The Balaban J connectivity index is 3.63. The zero-order valence-electron chi connectivity index (χ0n) is 8.49. The zero-order valence-corrected chi connectivity index (χ0v) is 9.30. The monoisotopic (exact) mass is 219 g/mol. The van der Waals surface area contributed by atoms with E-state index in [1.165, 1.54) is 0 Å². The minimum Gasteiger partial charge on any atom is -0.409 e. The molecule has 1 atom stereocenters. The summed E-state index contributed by atoms with van der Waals surface area (Å²) in [5.74, 6) is 1.15. The Morgan fingerprint density at radius 2 is 2.36 bits per heavy atom. The minimum absolute atomic E-state index is 0.0531. The maximum atomic E-state index is 11.1. The Labute approximate surface area is 88.1 Å². The molecule has 0 bridgehead atoms. The Kier molecular flexibility index (Phi) is 7.00. The van der Waals surface area contributed by atoms with Crippen molar-refractivity contribution in [1.82, 2.24) is 5.32 Å². The van der Waals surface area contributed by atoms with Gasteiger partial charge in [0.15, 0.2) is 0 Å². The van der Waals surface area contributed by atoms with Gasteiger partial charge in [-0.05, 0) is 17.9 Å². The van der Waals surface area contributed by atoms with Gasteiger partial charge in [-0.3, -0.25) is 4.79 Å². The highest BCUT2D eigenvalue weighted by Gasteiger charge is 2.06. The van der Waals surface area contributed by atoms with E-state index in [1.54, 1.807) is 11.8 Å². The summed E-state index contributed by atoms with van der Waals surface area (Å²) in [5, 5.41) is 13.7. The van der Waals surface area contributed by atoms with Crippen LogP contribution in [-0.4, -0.2) is 35.5 Å². The van der Waals surface area contributed by atoms with Gasteiger partial charge in [0, 0.05) is 6.54 Å². The van der Waals surface area contributed by atoms with Crippen LogP contribution in [0.25, 0.3) is 0 Å². The minimum atomic E-state index is -0.215. The highest BCUT2D eigenvalue weighted by molar-refractivity contribution is 7.98. The number of nitrogens with zero attached hydrogens (tertiary/aromatic N) is 1. The van der Waals surface area contributed by atoms with Gasteiger partial charge in [-0.2, -0.15) is 11.8 Å². The molecule has 0 rings (SSSR count). The van der Waals surface area contributed by atoms with Crippen molar-refractivity contribution >= 4 is 23.5 Å². The molecule has 4 N–H and O–H groups in total. The van der Waals surface area contributed by atoms with E-state index in [2.05, 4.69) is 17.4 Å². The summed E-state index contributed by atoms with van der Waals surface area (Å²) in [6.45, 7) is 2.68. The van der Waals surface area contributed by atoms with Crippen LogP contribution in [0.5, 0.6) is 0 Å². The van der Waals surface area contributed by atoms with Crippen molar-refractivity contribution in [1.29, 1.82) is 0 Å². The number of carbonyl (C=O) groups is 1. The fourth-order valence-corrected chi connectivity index (χ4v) is 1.58.